The fourth-order valence-corrected chi connectivity index (χ4v) is 6.25. The van der Waals surface area contributed by atoms with Crippen molar-refractivity contribution in [3.63, 3.8) is 0 Å². The number of amides is 2. The van der Waals surface area contributed by atoms with Crippen molar-refractivity contribution in [3.8, 4) is 0 Å². The smallest absolute Gasteiger partial charge is 0.323 e. The van der Waals surface area contributed by atoms with Crippen molar-refractivity contribution in [1.82, 2.24) is 14.8 Å². The molecule has 10 nitrogen and oxygen atoms in total. The van der Waals surface area contributed by atoms with E-state index in [1.165, 1.54) is 25.9 Å². The molecule has 29 heavy (non-hydrogen) atoms. The minimum Gasteiger partial charge on any atom is -0.480 e. The fourth-order valence-electron chi connectivity index (χ4n) is 3.22. The number of carboxylic acid groups (broad SMARTS) is 1. The highest BCUT2D eigenvalue weighted by atomic mass is 32.2. The lowest BCUT2D eigenvalue weighted by molar-refractivity contribution is -0.161. The zero-order valence-corrected chi connectivity index (χ0v) is 17.3. The van der Waals surface area contributed by atoms with Gasteiger partial charge in [-0.1, -0.05) is 6.07 Å². The van der Waals surface area contributed by atoms with Crippen molar-refractivity contribution in [2.45, 2.75) is 16.5 Å². The molecule has 0 spiro atoms. The Morgan fingerprint density at radius 2 is 2.14 bits per heavy atom. The summed E-state index contributed by atoms with van der Waals surface area (Å²) in [6.07, 6.45) is 0.400. The van der Waals surface area contributed by atoms with Gasteiger partial charge in [-0.2, -0.15) is 0 Å². The van der Waals surface area contributed by atoms with Gasteiger partial charge in [-0.05, 0) is 17.7 Å². The number of likely N-dealkylation sites (N-methyl/N-ethyl adjacent to an activating group) is 1. The second-order valence-electron chi connectivity index (χ2n) is 6.53. The Bertz CT molecular complexity index is 978. The van der Waals surface area contributed by atoms with Gasteiger partial charge in [-0.3, -0.25) is 19.3 Å². The molecule has 2 atom stereocenters. The zero-order valence-electron chi connectivity index (χ0n) is 15.6. The minimum atomic E-state index is -3.79. The van der Waals surface area contributed by atoms with Crippen LogP contribution in [0.3, 0.4) is 0 Å². The van der Waals surface area contributed by atoms with E-state index < -0.39 is 51.4 Å². The molecule has 1 fully saturated rings. The summed E-state index contributed by atoms with van der Waals surface area (Å²) in [7, 11) is -1.28. The maximum Gasteiger partial charge on any atom is 0.323 e. The number of nitrogens with zero attached hydrogens (tertiary/aromatic N) is 3. The third-order valence-corrected chi connectivity index (χ3v) is 7.50. The van der Waals surface area contributed by atoms with Crippen LogP contribution in [0.1, 0.15) is 0 Å². The molecule has 2 amide bonds. The van der Waals surface area contributed by atoms with E-state index in [9.17, 15) is 22.8 Å². The van der Waals surface area contributed by atoms with Gasteiger partial charge in [-0.15, -0.1) is 11.8 Å². The van der Waals surface area contributed by atoms with Crippen LogP contribution in [0.5, 0.6) is 0 Å². The third-order valence-electron chi connectivity index (χ3n) is 4.52. The molecule has 0 unspecified atom stereocenters. The van der Waals surface area contributed by atoms with Crippen LogP contribution in [-0.2, 0) is 29.0 Å². The van der Waals surface area contributed by atoms with Crippen LogP contribution < -0.4 is 0 Å². The van der Waals surface area contributed by atoms with Gasteiger partial charge in [0, 0.05) is 26.1 Å². The van der Waals surface area contributed by atoms with E-state index in [0.717, 1.165) is 9.80 Å². The van der Waals surface area contributed by atoms with E-state index in [0.29, 0.717) is 5.03 Å². The number of aliphatic carboxylic acids is 1. The van der Waals surface area contributed by atoms with Crippen LogP contribution in [0.15, 0.2) is 40.7 Å². The number of thioether (sulfide) groups is 1. The van der Waals surface area contributed by atoms with Gasteiger partial charge in [0.15, 0.2) is 21.3 Å². The van der Waals surface area contributed by atoms with Gasteiger partial charge in [0.25, 0.3) is 11.8 Å². The average Bonchev–Trinajstić information content (AvgIpc) is 2.66. The Morgan fingerprint density at radius 3 is 2.72 bits per heavy atom. The first-order chi connectivity index (χ1) is 13.7. The molecule has 1 aromatic heterocycles. The van der Waals surface area contributed by atoms with E-state index in [1.807, 2.05) is 0 Å². The maximum absolute atomic E-state index is 12.9. The number of methoxy groups -OCH3 is 1. The number of hydrogen-bond donors (Lipinski definition) is 1. The highest BCUT2D eigenvalue weighted by Crippen LogP contribution is 2.39. The lowest BCUT2D eigenvalue weighted by Crippen LogP contribution is -2.71. The number of rotatable bonds is 7. The molecular formula is C17H19N3O7S2. The molecule has 0 aliphatic carbocycles. The van der Waals surface area contributed by atoms with Crippen LogP contribution in [0.2, 0.25) is 0 Å². The molecule has 0 bridgehead atoms. The van der Waals surface area contributed by atoms with E-state index in [2.05, 4.69) is 4.98 Å². The molecule has 2 aliphatic heterocycles. The summed E-state index contributed by atoms with van der Waals surface area (Å²) in [5, 5.41) is 8.31. The number of fused-ring (bicyclic) bond motifs is 1. The van der Waals surface area contributed by atoms with Crippen LogP contribution >= 0.6 is 11.8 Å². The number of carbonyl (C=O) groups excluding carboxylic acids is 2. The molecular weight excluding hydrogens is 422 g/mol. The molecule has 1 N–H and O–H groups in total. The van der Waals surface area contributed by atoms with Crippen molar-refractivity contribution in [2.24, 2.45) is 0 Å². The van der Waals surface area contributed by atoms with Crippen LogP contribution in [0.25, 0.3) is 0 Å². The number of β-lactam (4-membered cyclic amide) rings is 1. The second-order valence-corrected chi connectivity index (χ2v) is 9.62. The molecule has 3 heterocycles. The van der Waals surface area contributed by atoms with E-state index in [1.54, 1.807) is 24.4 Å². The third kappa shape index (κ3) is 4.00. The SMILES string of the molecule is CO[C@H]1C(=O)N2C(C(=O)N(C)CC(=O)O)=C(CSc3ccccn3)CS(=O)(=O)[C@H]12. The molecule has 156 valence electrons. The Morgan fingerprint density at radius 1 is 1.41 bits per heavy atom. The number of carboxylic acids is 1. The van der Waals surface area contributed by atoms with Gasteiger partial charge in [-0.25, -0.2) is 13.4 Å². The van der Waals surface area contributed by atoms with Crippen molar-refractivity contribution in [2.75, 3.05) is 32.2 Å². The molecule has 0 radical (unpaired) electrons. The normalized spacial score (nSPS) is 22.7. The molecule has 0 aromatic carbocycles. The molecule has 0 saturated carbocycles. The summed E-state index contributed by atoms with van der Waals surface area (Å²) in [6.45, 7) is -0.587. The van der Waals surface area contributed by atoms with Crippen molar-refractivity contribution in [1.29, 1.82) is 0 Å². The number of carbonyl (C=O) groups is 3. The van der Waals surface area contributed by atoms with Crippen LogP contribution in [0.4, 0.5) is 0 Å². The number of pyridine rings is 1. The Labute approximate surface area is 171 Å². The van der Waals surface area contributed by atoms with Gasteiger partial charge in [0.1, 0.15) is 12.2 Å². The molecule has 3 rings (SSSR count). The Hall–Kier alpha value is -2.44. The highest BCUT2D eigenvalue weighted by Gasteiger charge is 2.60. The molecule has 1 saturated heterocycles. The molecule has 2 aliphatic rings. The first kappa shape index (κ1) is 21.3. The number of sulfone groups is 1. The van der Waals surface area contributed by atoms with Gasteiger partial charge >= 0.3 is 5.97 Å². The van der Waals surface area contributed by atoms with Crippen LogP contribution in [-0.4, -0.2) is 89.8 Å². The van der Waals surface area contributed by atoms with Gasteiger partial charge in [0.05, 0.1) is 10.8 Å². The topological polar surface area (TPSA) is 134 Å². The lowest BCUT2D eigenvalue weighted by Gasteiger charge is -2.49. The Balaban J connectivity index is 2.00. The number of aromatic nitrogens is 1. The van der Waals surface area contributed by atoms with E-state index >= 15 is 0 Å². The monoisotopic (exact) mass is 441 g/mol. The summed E-state index contributed by atoms with van der Waals surface area (Å²) >= 11 is 1.22. The predicted molar refractivity (Wildman–Crippen MR) is 102 cm³/mol. The summed E-state index contributed by atoms with van der Waals surface area (Å²) in [5.41, 5.74) is 0.123. The maximum atomic E-state index is 12.9. The van der Waals surface area contributed by atoms with E-state index in [4.69, 9.17) is 9.84 Å². The zero-order chi connectivity index (χ0) is 21.3. The molecule has 1 aromatic rings. The molecule has 12 heteroatoms. The Kier molecular flexibility index (Phi) is 5.96. The fraction of sp³-hybridized carbons (Fsp3) is 0.412. The summed E-state index contributed by atoms with van der Waals surface area (Å²) in [5.74, 6) is -2.93. The van der Waals surface area contributed by atoms with Crippen molar-refractivity contribution < 1.29 is 32.6 Å². The summed E-state index contributed by atoms with van der Waals surface area (Å²) in [6, 6.07) is 5.24. The average molecular weight is 441 g/mol. The quantitative estimate of drug-likeness (QED) is 0.442. The van der Waals surface area contributed by atoms with Crippen molar-refractivity contribution in [3.05, 3.63) is 35.7 Å². The first-order valence-corrected chi connectivity index (χ1v) is 11.2. The highest BCUT2D eigenvalue weighted by molar-refractivity contribution is 7.99. The lowest BCUT2D eigenvalue weighted by atomic mass is 10.0. The number of hydrogen-bond acceptors (Lipinski definition) is 8. The standard InChI is InChI=1S/C17H19N3O7S2/c1-19(7-12(21)22)15(23)13-10(8-28-11-5-3-4-6-18-11)9-29(25,26)17-14(27-2)16(24)20(13)17/h3-6,14,17H,7-9H2,1-2H3,(H,21,22)/t14-,17+/m0/s1. The predicted octanol–water partition coefficient (Wildman–Crippen LogP) is -0.417. The number of ether oxygens (including phenoxy) is 1. The first-order valence-electron chi connectivity index (χ1n) is 8.48. The minimum absolute atomic E-state index is 0.102. The van der Waals surface area contributed by atoms with Crippen molar-refractivity contribution >= 4 is 39.4 Å². The van der Waals surface area contributed by atoms with Gasteiger partial charge in [0.2, 0.25) is 0 Å². The second kappa shape index (κ2) is 8.13. The largest absolute Gasteiger partial charge is 0.480 e. The summed E-state index contributed by atoms with van der Waals surface area (Å²) < 4.78 is 30.5. The summed E-state index contributed by atoms with van der Waals surface area (Å²) in [4.78, 5) is 42.4. The van der Waals surface area contributed by atoms with Gasteiger partial charge < -0.3 is 14.7 Å². The van der Waals surface area contributed by atoms with E-state index in [-0.39, 0.29) is 17.0 Å². The van der Waals surface area contributed by atoms with Crippen LogP contribution in [0, 0.1) is 0 Å².